The van der Waals surface area contributed by atoms with Gasteiger partial charge in [-0.3, -0.25) is 0 Å². The predicted molar refractivity (Wildman–Crippen MR) is 97.3 cm³/mol. The van der Waals surface area contributed by atoms with Gasteiger partial charge in [-0.05, 0) is 24.5 Å². The maximum absolute atomic E-state index is 9.39. The Bertz CT molecular complexity index is 421. The van der Waals surface area contributed by atoms with Crippen LogP contribution in [0.15, 0.2) is 24.3 Å². The highest BCUT2D eigenvalue weighted by molar-refractivity contribution is 5.33. The minimum Gasteiger partial charge on any atom is -0.492 e. The van der Waals surface area contributed by atoms with Gasteiger partial charge in [0.1, 0.15) is 12.4 Å². The van der Waals surface area contributed by atoms with E-state index in [1.54, 1.807) is 0 Å². The number of ether oxygens (including phenoxy) is 1. The van der Waals surface area contributed by atoms with Crippen LogP contribution in [0, 0.1) is 5.41 Å². The summed E-state index contributed by atoms with van der Waals surface area (Å²) in [4.78, 5) is 0. The van der Waals surface area contributed by atoms with E-state index in [0.717, 1.165) is 24.2 Å². The zero-order valence-electron chi connectivity index (χ0n) is 15.0. The van der Waals surface area contributed by atoms with Crippen molar-refractivity contribution in [2.45, 2.75) is 58.3 Å². The molecule has 0 amide bonds. The average Bonchev–Trinajstić information content (AvgIpc) is 2.63. The molecule has 0 saturated carbocycles. The molecule has 24 heavy (non-hydrogen) atoms. The van der Waals surface area contributed by atoms with Crippen molar-refractivity contribution in [3.8, 4) is 5.75 Å². The van der Waals surface area contributed by atoms with Gasteiger partial charge in [-0.25, -0.2) is 0 Å². The Balaban J connectivity index is 2.44. The van der Waals surface area contributed by atoms with E-state index in [1.807, 2.05) is 18.2 Å². The lowest BCUT2D eigenvalue weighted by Crippen LogP contribution is -2.39. The lowest BCUT2D eigenvalue weighted by molar-refractivity contribution is -0.0260. The Morgan fingerprint density at radius 2 is 1.42 bits per heavy atom. The summed E-state index contributed by atoms with van der Waals surface area (Å²) in [6, 6.07) is 7.89. The quantitative estimate of drug-likeness (QED) is 0.455. The van der Waals surface area contributed by atoms with Crippen molar-refractivity contribution in [1.29, 1.82) is 0 Å². The first kappa shape index (κ1) is 20.9. The van der Waals surface area contributed by atoms with Crippen molar-refractivity contribution >= 4 is 0 Å². The van der Waals surface area contributed by atoms with Crippen LogP contribution in [0.3, 0.4) is 0 Å². The highest BCUT2D eigenvalue weighted by Gasteiger charge is 2.29. The Labute approximate surface area is 146 Å². The number of aliphatic hydroxyl groups is 3. The molecule has 1 aromatic carbocycles. The molecule has 1 aromatic rings. The summed E-state index contributed by atoms with van der Waals surface area (Å²) in [5.41, 5.74) is 0.153. The van der Waals surface area contributed by atoms with Crippen LogP contribution in [-0.4, -0.2) is 41.7 Å². The first-order valence-electron chi connectivity index (χ1n) is 9.24. The van der Waals surface area contributed by atoms with Gasteiger partial charge < -0.3 is 20.1 Å². The van der Waals surface area contributed by atoms with E-state index in [-0.39, 0.29) is 26.4 Å². The molecule has 4 heteroatoms. The average molecular weight is 338 g/mol. The van der Waals surface area contributed by atoms with Gasteiger partial charge in [0.25, 0.3) is 0 Å². The van der Waals surface area contributed by atoms with Crippen molar-refractivity contribution in [3.63, 3.8) is 0 Å². The van der Waals surface area contributed by atoms with E-state index < -0.39 is 5.41 Å². The molecule has 1 rings (SSSR count). The van der Waals surface area contributed by atoms with Crippen LogP contribution in [0.4, 0.5) is 0 Å². The van der Waals surface area contributed by atoms with Gasteiger partial charge in [-0.2, -0.15) is 0 Å². The summed E-state index contributed by atoms with van der Waals surface area (Å²) in [6.45, 7) is 1.42. The molecular weight excluding hydrogens is 304 g/mol. The predicted octanol–water partition coefficient (Wildman–Crippen LogP) is 3.32. The number of aliphatic hydroxyl groups excluding tert-OH is 3. The maximum atomic E-state index is 9.39. The lowest BCUT2D eigenvalue weighted by Gasteiger charge is -2.27. The summed E-state index contributed by atoms with van der Waals surface area (Å²) in [7, 11) is 0. The summed E-state index contributed by atoms with van der Waals surface area (Å²) in [5.74, 6) is 0.781. The minimum absolute atomic E-state index is 0.102. The molecule has 0 fully saturated rings. The van der Waals surface area contributed by atoms with Crippen molar-refractivity contribution in [2.24, 2.45) is 5.41 Å². The summed E-state index contributed by atoms with van der Waals surface area (Å²) < 4.78 is 5.81. The molecule has 0 heterocycles. The van der Waals surface area contributed by atoms with Crippen LogP contribution in [-0.2, 0) is 6.42 Å². The molecule has 0 atom stereocenters. The number of rotatable bonds is 14. The van der Waals surface area contributed by atoms with Gasteiger partial charge in [-0.1, -0.05) is 63.6 Å². The summed E-state index contributed by atoms with van der Waals surface area (Å²) in [6.07, 6.45) is 9.88. The number of hydrogen-bond donors (Lipinski definition) is 3. The fourth-order valence-electron chi connectivity index (χ4n) is 2.64. The van der Waals surface area contributed by atoms with Crippen LogP contribution in [0.1, 0.15) is 57.4 Å². The number of unbranched alkanes of at least 4 members (excludes halogenated alkanes) is 6. The molecule has 0 unspecified atom stereocenters. The Morgan fingerprint density at radius 1 is 0.833 bits per heavy atom. The SMILES string of the molecule is CCCCCCCCCc1ccccc1OCC(CO)(CO)CO. The van der Waals surface area contributed by atoms with E-state index >= 15 is 0 Å². The fraction of sp³-hybridized carbons (Fsp3) is 0.700. The third kappa shape index (κ3) is 7.20. The second-order valence-electron chi connectivity index (χ2n) is 6.74. The van der Waals surface area contributed by atoms with Crippen molar-refractivity contribution in [2.75, 3.05) is 26.4 Å². The van der Waals surface area contributed by atoms with Gasteiger partial charge in [0.2, 0.25) is 0 Å². The van der Waals surface area contributed by atoms with Crippen LogP contribution in [0.5, 0.6) is 5.75 Å². The molecule has 0 aliphatic heterocycles. The topological polar surface area (TPSA) is 69.9 Å². The van der Waals surface area contributed by atoms with Crippen molar-refractivity contribution in [3.05, 3.63) is 29.8 Å². The van der Waals surface area contributed by atoms with Gasteiger partial charge >= 0.3 is 0 Å². The van der Waals surface area contributed by atoms with Gasteiger partial charge in [0.05, 0.1) is 25.2 Å². The molecule has 0 radical (unpaired) electrons. The molecule has 0 saturated heterocycles. The highest BCUT2D eigenvalue weighted by Crippen LogP contribution is 2.24. The highest BCUT2D eigenvalue weighted by atomic mass is 16.5. The Kier molecular flexibility index (Phi) is 10.7. The second-order valence-corrected chi connectivity index (χ2v) is 6.74. The minimum atomic E-state index is -0.994. The largest absolute Gasteiger partial charge is 0.492 e. The zero-order valence-corrected chi connectivity index (χ0v) is 15.0. The molecule has 138 valence electrons. The van der Waals surface area contributed by atoms with Gasteiger partial charge in [0, 0.05) is 0 Å². The lowest BCUT2D eigenvalue weighted by atomic mass is 9.92. The van der Waals surface area contributed by atoms with Crippen molar-refractivity contribution < 1.29 is 20.1 Å². The van der Waals surface area contributed by atoms with E-state index in [2.05, 4.69) is 13.0 Å². The molecule has 0 spiro atoms. The van der Waals surface area contributed by atoms with Gasteiger partial charge in [0.15, 0.2) is 0 Å². The normalized spacial score (nSPS) is 11.7. The smallest absolute Gasteiger partial charge is 0.122 e. The molecule has 0 aliphatic rings. The van der Waals surface area contributed by atoms with Gasteiger partial charge in [-0.15, -0.1) is 0 Å². The molecule has 0 aromatic heterocycles. The molecule has 0 aliphatic carbocycles. The number of para-hydroxylation sites is 1. The third-order valence-electron chi connectivity index (χ3n) is 4.56. The first-order chi connectivity index (χ1) is 11.7. The fourth-order valence-corrected chi connectivity index (χ4v) is 2.64. The monoisotopic (exact) mass is 338 g/mol. The van der Waals surface area contributed by atoms with E-state index in [1.165, 1.54) is 38.5 Å². The summed E-state index contributed by atoms with van der Waals surface area (Å²) >= 11 is 0. The third-order valence-corrected chi connectivity index (χ3v) is 4.56. The van der Waals surface area contributed by atoms with Crippen LogP contribution < -0.4 is 4.74 Å². The number of hydrogen-bond acceptors (Lipinski definition) is 4. The number of benzene rings is 1. The standard InChI is InChI=1S/C20H34O4/c1-2-3-4-5-6-7-8-11-18-12-9-10-13-19(18)24-17-20(14-21,15-22)16-23/h9-10,12-13,21-23H,2-8,11,14-17H2,1H3. The Hall–Kier alpha value is -1.10. The summed E-state index contributed by atoms with van der Waals surface area (Å²) in [5, 5.41) is 28.2. The first-order valence-corrected chi connectivity index (χ1v) is 9.24. The van der Waals surface area contributed by atoms with E-state index in [4.69, 9.17) is 4.74 Å². The molecule has 3 N–H and O–H groups in total. The second kappa shape index (κ2) is 12.3. The Morgan fingerprint density at radius 3 is 2.04 bits per heavy atom. The molecule has 0 bridgehead atoms. The zero-order chi connectivity index (χ0) is 17.7. The van der Waals surface area contributed by atoms with Crippen LogP contribution in [0.25, 0.3) is 0 Å². The molecule has 4 nitrogen and oxygen atoms in total. The maximum Gasteiger partial charge on any atom is 0.122 e. The van der Waals surface area contributed by atoms with Crippen LogP contribution >= 0.6 is 0 Å². The van der Waals surface area contributed by atoms with Crippen molar-refractivity contribution in [1.82, 2.24) is 0 Å². The van der Waals surface area contributed by atoms with E-state index in [0.29, 0.717) is 0 Å². The number of aryl methyl sites for hydroxylation is 1. The van der Waals surface area contributed by atoms with E-state index in [9.17, 15) is 15.3 Å². The van der Waals surface area contributed by atoms with Crippen LogP contribution in [0.2, 0.25) is 0 Å². The molecular formula is C20H34O4.